The number of ether oxygens (including phenoxy) is 1. The van der Waals surface area contributed by atoms with Crippen molar-refractivity contribution in [3.8, 4) is 0 Å². The highest BCUT2D eigenvalue weighted by Crippen LogP contribution is 2.28. The topological polar surface area (TPSA) is 29.5 Å². The molecule has 0 aliphatic carbocycles. The number of aliphatic hydroxyl groups excluding tert-OH is 1. The molecule has 0 amide bonds. The molecule has 1 aliphatic rings. The van der Waals surface area contributed by atoms with E-state index in [4.69, 9.17) is 4.74 Å². The molecule has 0 saturated heterocycles. The van der Waals surface area contributed by atoms with E-state index in [1.165, 1.54) is 0 Å². The summed E-state index contributed by atoms with van der Waals surface area (Å²) in [5, 5.41) is 10.1. The molecule has 1 N–H and O–H groups in total. The van der Waals surface area contributed by atoms with Crippen LogP contribution in [0.4, 0.5) is 0 Å². The summed E-state index contributed by atoms with van der Waals surface area (Å²) in [4.78, 5) is 0. The molecule has 1 atom stereocenters. The fourth-order valence-corrected chi connectivity index (χ4v) is 2.30. The van der Waals surface area contributed by atoms with Crippen LogP contribution in [0.2, 0.25) is 0 Å². The van der Waals surface area contributed by atoms with Crippen LogP contribution in [0.5, 0.6) is 0 Å². The third kappa shape index (κ3) is 2.52. The van der Waals surface area contributed by atoms with Gasteiger partial charge >= 0.3 is 0 Å². The van der Waals surface area contributed by atoms with Gasteiger partial charge in [0.05, 0.1) is 6.61 Å². The predicted molar refractivity (Wildman–Crippen MR) is 67.4 cm³/mol. The van der Waals surface area contributed by atoms with Crippen LogP contribution in [0.1, 0.15) is 24.5 Å². The highest BCUT2D eigenvalue weighted by molar-refractivity contribution is 14.1. The third-order valence-electron chi connectivity index (χ3n) is 2.43. The molecule has 0 spiro atoms. The van der Waals surface area contributed by atoms with E-state index in [-0.39, 0.29) is 0 Å². The average Bonchev–Trinajstić information content (AvgIpc) is 2.30. The van der Waals surface area contributed by atoms with E-state index < -0.39 is 6.10 Å². The number of allylic oxidation sites excluding steroid dienone is 1. The Hall–Kier alpha value is -0.550. The molecule has 1 heterocycles. The summed E-state index contributed by atoms with van der Waals surface area (Å²) in [5.74, 6) is 0.699. The first kappa shape index (κ1) is 11.0. The Morgan fingerprint density at radius 1 is 1.33 bits per heavy atom. The van der Waals surface area contributed by atoms with Crippen LogP contribution in [0.3, 0.4) is 0 Å². The Labute approximate surface area is 103 Å². The van der Waals surface area contributed by atoms with Crippen molar-refractivity contribution in [1.29, 1.82) is 0 Å². The zero-order valence-electron chi connectivity index (χ0n) is 8.32. The molecule has 2 nitrogen and oxygen atoms in total. The molecule has 0 radical (unpaired) electrons. The summed E-state index contributed by atoms with van der Waals surface area (Å²) >= 11 is 2.23. The number of aliphatic hydroxyl groups is 1. The Bertz CT molecular complexity index is 374. The van der Waals surface area contributed by atoms with Gasteiger partial charge in [-0.2, -0.15) is 0 Å². The lowest BCUT2D eigenvalue weighted by atomic mass is 10.1. The molecule has 3 heteroatoms. The van der Waals surface area contributed by atoms with Gasteiger partial charge in [0.15, 0.2) is 0 Å². The van der Waals surface area contributed by atoms with Gasteiger partial charge in [0.25, 0.3) is 0 Å². The molecule has 15 heavy (non-hydrogen) atoms. The second kappa shape index (κ2) is 4.99. The molecular weight excluding hydrogens is 303 g/mol. The SMILES string of the molecule is OC(C1=CCCCO1)c1ccccc1I. The van der Waals surface area contributed by atoms with Gasteiger partial charge in [0.1, 0.15) is 11.9 Å². The zero-order valence-corrected chi connectivity index (χ0v) is 10.5. The predicted octanol–water partition coefficient (Wildman–Crippen LogP) is 3.02. The number of rotatable bonds is 2. The van der Waals surface area contributed by atoms with E-state index in [0.717, 1.165) is 22.0 Å². The molecule has 80 valence electrons. The van der Waals surface area contributed by atoms with Crippen molar-refractivity contribution in [2.24, 2.45) is 0 Å². The maximum absolute atomic E-state index is 10.1. The molecule has 1 aromatic carbocycles. The first-order valence-electron chi connectivity index (χ1n) is 5.04. The van der Waals surface area contributed by atoms with Crippen LogP contribution in [-0.2, 0) is 4.74 Å². The Balaban J connectivity index is 2.23. The zero-order chi connectivity index (χ0) is 10.7. The number of hydrogen-bond acceptors (Lipinski definition) is 2. The summed E-state index contributed by atoms with van der Waals surface area (Å²) in [5.41, 5.74) is 0.922. The molecule has 0 aromatic heterocycles. The maximum atomic E-state index is 10.1. The Morgan fingerprint density at radius 2 is 2.13 bits per heavy atom. The van der Waals surface area contributed by atoms with Gasteiger partial charge in [-0.3, -0.25) is 0 Å². The highest BCUT2D eigenvalue weighted by Gasteiger charge is 2.18. The van der Waals surface area contributed by atoms with Gasteiger partial charge in [-0.05, 0) is 47.6 Å². The van der Waals surface area contributed by atoms with Crippen LogP contribution in [0.15, 0.2) is 36.1 Å². The van der Waals surface area contributed by atoms with Crippen LogP contribution in [-0.4, -0.2) is 11.7 Å². The van der Waals surface area contributed by atoms with Crippen molar-refractivity contribution in [2.45, 2.75) is 18.9 Å². The minimum Gasteiger partial charge on any atom is -0.495 e. The molecule has 1 aliphatic heterocycles. The minimum absolute atomic E-state index is 0.613. The van der Waals surface area contributed by atoms with Crippen molar-refractivity contribution in [3.05, 3.63) is 45.2 Å². The molecule has 2 rings (SSSR count). The quantitative estimate of drug-likeness (QED) is 0.850. The number of hydrogen-bond donors (Lipinski definition) is 1. The fraction of sp³-hybridized carbons (Fsp3) is 0.333. The third-order valence-corrected chi connectivity index (χ3v) is 3.41. The lowest BCUT2D eigenvalue weighted by molar-refractivity contribution is 0.0914. The van der Waals surface area contributed by atoms with E-state index in [0.29, 0.717) is 12.4 Å². The standard InChI is InChI=1S/C12H13IO2/c13-10-6-2-1-5-9(10)12(14)11-7-3-4-8-15-11/h1-2,5-7,12,14H,3-4,8H2. The van der Waals surface area contributed by atoms with Crippen LogP contribution in [0, 0.1) is 3.57 Å². The molecule has 1 unspecified atom stereocenters. The van der Waals surface area contributed by atoms with Crippen molar-refractivity contribution >= 4 is 22.6 Å². The van der Waals surface area contributed by atoms with Crippen LogP contribution in [0.25, 0.3) is 0 Å². The molecule has 0 fully saturated rings. The van der Waals surface area contributed by atoms with Crippen molar-refractivity contribution in [1.82, 2.24) is 0 Å². The fourth-order valence-electron chi connectivity index (χ4n) is 1.62. The molecular formula is C12H13IO2. The summed E-state index contributed by atoms with van der Waals surface area (Å²) < 4.78 is 6.52. The van der Waals surface area contributed by atoms with E-state index in [9.17, 15) is 5.11 Å². The highest BCUT2D eigenvalue weighted by atomic mass is 127. The first-order valence-corrected chi connectivity index (χ1v) is 6.12. The van der Waals surface area contributed by atoms with E-state index in [1.54, 1.807) is 0 Å². The van der Waals surface area contributed by atoms with Crippen molar-refractivity contribution in [2.75, 3.05) is 6.61 Å². The van der Waals surface area contributed by atoms with Gasteiger partial charge < -0.3 is 9.84 Å². The summed E-state index contributed by atoms with van der Waals surface area (Å²) in [6.45, 7) is 0.715. The first-order chi connectivity index (χ1) is 7.29. The van der Waals surface area contributed by atoms with Gasteiger partial charge in [0.2, 0.25) is 0 Å². The van der Waals surface area contributed by atoms with Gasteiger partial charge in [-0.1, -0.05) is 18.2 Å². The lowest BCUT2D eigenvalue weighted by Crippen LogP contribution is -2.10. The number of benzene rings is 1. The molecule has 1 aromatic rings. The largest absolute Gasteiger partial charge is 0.495 e. The molecule has 0 saturated carbocycles. The monoisotopic (exact) mass is 316 g/mol. The van der Waals surface area contributed by atoms with E-state index in [2.05, 4.69) is 22.6 Å². The van der Waals surface area contributed by atoms with Crippen LogP contribution >= 0.6 is 22.6 Å². The molecule has 0 bridgehead atoms. The maximum Gasteiger partial charge on any atom is 0.137 e. The van der Waals surface area contributed by atoms with E-state index in [1.807, 2.05) is 30.3 Å². The average molecular weight is 316 g/mol. The van der Waals surface area contributed by atoms with Gasteiger partial charge in [0, 0.05) is 9.13 Å². The minimum atomic E-state index is -0.613. The lowest BCUT2D eigenvalue weighted by Gasteiger charge is -2.20. The Morgan fingerprint density at radius 3 is 2.80 bits per heavy atom. The van der Waals surface area contributed by atoms with Gasteiger partial charge in [-0.15, -0.1) is 0 Å². The van der Waals surface area contributed by atoms with Gasteiger partial charge in [-0.25, -0.2) is 0 Å². The van der Waals surface area contributed by atoms with Crippen LogP contribution < -0.4 is 0 Å². The summed E-state index contributed by atoms with van der Waals surface area (Å²) in [7, 11) is 0. The van der Waals surface area contributed by atoms with Crippen molar-refractivity contribution in [3.63, 3.8) is 0 Å². The normalized spacial score (nSPS) is 17.9. The Kier molecular flexibility index (Phi) is 3.64. The summed E-state index contributed by atoms with van der Waals surface area (Å²) in [6.07, 6.45) is 3.41. The number of halogens is 1. The van der Waals surface area contributed by atoms with E-state index >= 15 is 0 Å². The van der Waals surface area contributed by atoms with Crippen molar-refractivity contribution < 1.29 is 9.84 Å². The second-order valence-electron chi connectivity index (χ2n) is 3.52. The summed E-state index contributed by atoms with van der Waals surface area (Å²) in [6, 6.07) is 7.83. The smallest absolute Gasteiger partial charge is 0.137 e. The second-order valence-corrected chi connectivity index (χ2v) is 4.68.